The highest BCUT2D eigenvalue weighted by Gasteiger charge is 2.17. The van der Waals surface area contributed by atoms with Crippen molar-refractivity contribution in [1.29, 1.82) is 5.41 Å². The Bertz CT molecular complexity index is 567. The Hall–Kier alpha value is -2.18. The first-order valence-corrected chi connectivity index (χ1v) is 10.4. The van der Waals surface area contributed by atoms with Crippen LogP contribution < -0.4 is 10.6 Å². The van der Waals surface area contributed by atoms with Crippen molar-refractivity contribution >= 4 is 24.0 Å². The Morgan fingerprint density at radius 3 is 2.10 bits per heavy atom. The minimum absolute atomic E-state index is 0.0354. The van der Waals surface area contributed by atoms with Crippen LogP contribution in [0.2, 0.25) is 0 Å². The zero-order chi connectivity index (χ0) is 22.4. The van der Waals surface area contributed by atoms with Crippen LogP contribution in [0.5, 0.6) is 0 Å². The van der Waals surface area contributed by atoms with Crippen LogP contribution in [0.15, 0.2) is 12.2 Å². The van der Waals surface area contributed by atoms with Gasteiger partial charge in [0.1, 0.15) is 5.60 Å². The molecular formula is C22H39N3O4. The summed E-state index contributed by atoms with van der Waals surface area (Å²) in [5.41, 5.74) is 0.0620. The van der Waals surface area contributed by atoms with Gasteiger partial charge in [-0.15, -0.1) is 0 Å². The van der Waals surface area contributed by atoms with E-state index in [2.05, 4.69) is 17.2 Å². The molecule has 0 aromatic rings. The number of rotatable bonds is 14. The molecule has 166 valence electrons. The Kier molecular flexibility index (Phi) is 12.9. The molecule has 2 unspecified atom stereocenters. The fraction of sp³-hybridized carbons (Fsp3) is 0.727. The zero-order valence-corrected chi connectivity index (χ0v) is 18.7. The zero-order valence-electron chi connectivity index (χ0n) is 18.7. The Morgan fingerprint density at radius 1 is 1.03 bits per heavy atom. The molecule has 29 heavy (non-hydrogen) atoms. The van der Waals surface area contributed by atoms with Gasteiger partial charge in [-0.25, -0.2) is 4.79 Å². The summed E-state index contributed by atoms with van der Waals surface area (Å²) in [5, 5.41) is 13.0. The third-order valence-corrected chi connectivity index (χ3v) is 4.38. The number of nitrogens with one attached hydrogen (secondary N) is 3. The number of allylic oxidation sites excluding steroid dienone is 1. The van der Waals surface area contributed by atoms with E-state index in [1.807, 2.05) is 27.7 Å². The maximum absolute atomic E-state index is 12.2. The van der Waals surface area contributed by atoms with Crippen LogP contribution in [0.1, 0.15) is 73.1 Å². The number of amides is 2. The predicted octanol–water partition coefficient (Wildman–Crippen LogP) is 4.01. The van der Waals surface area contributed by atoms with Gasteiger partial charge in [0.25, 0.3) is 0 Å². The second-order valence-electron chi connectivity index (χ2n) is 8.53. The van der Waals surface area contributed by atoms with E-state index < -0.39 is 17.6 Å². The Balaban J connectivity index is 3.93. The molecule has 0 aromatic carbocycles. The number of hydrogen-bond acceptors (Lipinski definition) is 5. The first-order valence-electron chi connectivity index (χ1n) is 10.4. The maximum atomic E-state index is 12.2. The molecule has 0 rings (SSSR count). The quantitative estimate of drug-likeness (QED) is 0.229. The van der Waals surface area contributed by atoms with Crippen LogP contribution in [0.4, 0.5) is 4.79 Å². The number of ether oxygens (including phenoxy) is 1. The van der Waals surface area contributed by atoms with Crippen molar-refractivity contribution in [2.24, 2.45) is 11.8 Å². The minimum Gasteiger partial charge on any atom is -0.444 e. The number of carbonyl (C=O) groups excluding carboxylic acids is 3. The van der Waals surface area contributed by atoms with Gasteiger partial charge in [0, 0.05) is 25.2 Å². The molecule has 0 aliphatic rings. The predicted molar refractivity (Wildman–Crippen MR) is 116 cm³/mol. The number of carbonyl (C=O) groups is 3. The van der Waals surface area contributed by atoms with Gasteiger partial charge >= 0.3 is 6.09 Å². The smallest absolute Gasteiger partial charge is 0.407 e. The van der Waals surface area contributed by atoms with Crippen LogP contribution in [0.3, 0.4) is 0 Å². The molecule has 0 saturated heterocycles. The van der Waals surface area contributed by atoms with Crippen molar-refractivity contribution in [3.05, 3.63) is 12.2 Å². The van der Waals surface area contributed by atoms with E-state index in [9.17, 15) is 14.4 Å². The molecule has 0 heterocycles. The molecule has 0 aromatic heterocycles. The van der Waals surface area contributed by atoms with Crippen LogP contribution in [-0.4, -0.2) is 42.7 Å². The second kappa shape index (κ2) is 13.9. The SMILES string of the molecule is C=C(C)C(=O)C(C)CCCCNC(=O)C(C=N)CCCCNC(=O)OC(C)(C)C. The molecule has 2 amide bonds. The van der Waals surface area contributed by atoms with E-state index in [0.29, 0.717) is 31.5 Å². The van der Waals surface area contributed by atoms with Crippen molar-refractivity contribution in [1.82, 2.24) is 10.6 Å². The van der Waals surface area contributed by atoms with E-state index in [0.717, 1.165) is 25.7 Å². The van der Waals surface area contributed by atoms with Crippen molar-refractivity contribution in [2.45, 2.75) is 78.7 Å². The molecule has 0 aliphatic carbocycles. The molecule has 0 fully saturated rings. The van der Waals surface area contributed by atoms with Gasteiger partial charge < -0.3 is 20.8 Å². The summed E-state index contributed by atoms with van der Waals surface area (Å²) in [5.74, 6) is -0.544. The highest BCUT2D eigenvalue weighted by Crippen LogP contribution is 2.13. The molecule has 0 spiro atoms. The van der Waals surface area contributed by atoms with Gasteiger partial charge in [-0.3, -0.25) is 9.59 Å². The molecular weight excluding hydrogens is 370 g/mol. The minimum atomic E-state index is -0.522. The molecule has 0 aliphatic heterocycles. The van der Waals surface area contributed by atoms with Crippen LogP contribution in [0, 0.1) is 17.2 Å². The first kappa shape index (κ1) is 26.8. The topological polar surface area (TPSA) is 108 Å². The number of unbranched alkanes of at least 4 members (excludes halogenated alkanes) is 2. The summed E-state index contributed by atoms with van der Waals surface area (Å²) in [6.07, 6.45) is 5.16. The standard InChI is InChI=1S/C22H39N3O4/c1-16(2)19(26)17(3)11-7-9-13-24-20(27)18(15-23)12-8-10-14-25-21(28)29-22(4,5)6/h15,17-18,23H,1,7-14H2,2-6H3,(H,24,27)(H,25,28). The van der Waals surface area contributed by atoms with Gasteiger partial charge in [0.15, 0.2) is 5.78 Å². The molecule has 2 atom stereocenters. The van der Waals surface area contributed by atoms with Gasteiger partial charge in [0.2, 0.25) is 5.91 Å². The monoisotopic (exact) mass is 409 g/mol. The summed E-state index contributed by atoms with van der Waals surface area (Å²) in [6, 6.07) is 0. The van der Waals surface area contributed by atoms with Crippen molar-refractivity contribution in [3.63, 3.8) is 0 Å². The van der Waals surface area contributed by atoms with Crippen molar-refractivity contribution < 1.29 is 19.1 Å². The largest absolute Gasteiger partial charge is 0.444 e. The van der Waals surface area contributed by atoms with Crippen LogP contribution in [-0.2, 0) is 14.3 Å². The van der Waals surface area contributed by atoms with E-state index in [1.165, 1.54) is 6.21 Å². The molecule has 3 N–H and O–H groups in total. The molecule has 0 bridgehead atoms. The average molecular weight is 410 g/mol. The van der Waals surface area contributed by atoms with Crippen molar-refractivity contribution in [2.75, 3.05) is 13.1 Å². The summed E-state index contributed by atoms with van der Waals surface area (Å²) < 4.78 is 5.15. The van der Waals surface area contributed by atoms with Gasteiger partial charge in [-0.2, -0.15) is 0 Å². The van der Waals surface area contributed by atoms with Crippen molar-refractivity contribution in [3.8, 4) is 0 Å². The summed E-state index contributed by atoms with van der Waals surface area (Å²) in [4.78, 5) is 35.5. The number of ketones is 1. The molecule has 0 radical (unpaired) electrons. The highest BCUT2D eigenvalue weighted by molar-refractivity contribution is 5.95. The lowest BCUT2D eigenvalue weighted by Gasteiger charge is -2.19. The van der Waals surface area contributed by atoms with Gasteiger partial charge in [0.05, 0.1) is 5.92 Å². The van der Waals surface area contributed by atoms with Gasteiger partial charge in [-0.05, 0) is 59.0 Å². The van der Waals surface area contributed by atoms with Crippen LogP contribution in [0.25, 0.3) is 0 Å². The fourth-order valence-corrected chi connectivity index (χ4v) is 2.75. The normalized spacial score (nSPS) is 13.1. The van der Waals surface area contributed by atoms with E-state index in [1.54, 1.807) is 6.92 Å². The number of Topliss-reactive ketones (excluding diaryl/α,β-unsaturated/α-hetero) is 1. The molecule has 7 heteroatoms. The average Bonchev–Trinajstić information content (AvgIpc) is 2.61. The summed E-state index contributed by atoms with van der Waals surface area (Å²) >= 11 is 0. The van der Waals surface area contributed by atoms with Crippen LogP contribution >= 0.6 is 0 Å². The third-order valence-electron chi connectivity index (χ3n) is 4.38. The van der Waals surface area contributed by atoms with E-state index >= 15 is 0 Å². The first-order chi connectivity index (χ1) is 13.5. The third kappa shape index (κ3) is 13.6. The van der Waals surface area contributed by atoms with E-state index in [4.69, 9.17) is 10.1 Å². The highest BCUT2D eigenvalue weighted by atomic mass is 16.6. The summed E-state index contributed by atoms with van der Waals surface area (Å²) in [6.45, 7) is 13.7. The van der Waals surface area contributed by atoms with Gasteiger partial charge in [-0.1, -0.05) is 26.3 Å². The second-order valence-corrected chi connectivity index (χ2v) is 8.53. The Morgan fingerprint density at radius 2 is 1.59 bits per heavy atom. The lowest BCUT2D eigenvalue weighted by Crippen LogP contribution is -2.33. The molecule has 0 saturated carbocycles. The van der Waals surface area contributed by atoms with E-state index in [-0.39, 0.29) is 17.6 Å². The molecule has 7 nitrogen and oxygen atoms in total. The lowest BCUT2D eigenvalue weighted by molar-refractivity contribution is -0.123. The lowest BCUT2D eigenvalue weighted by atomic mass is 9.95. The Labute approximate surface area is 175 Å². The summed E-state index contributed by atoms with van der Waals surface area (Å²) in [7, 11) is 0. The fourth-order valence-electron chi connectivity index (χ4n) is 2.75. The maximum Gasteiger partial charge on any atom is 0.407 e. The number of alkyl carbamates (subject to hydrolysis) is 1. The number of hydrogen-bond donors (Lipinski definition) is 3.